The van der Waals surface area contributed by atoms with Gasteiger partial charge in [0.1, 0.15) is 18.4 Å². The highest BCUT2D eigenvalue weighted by Gasteiger charge is 2.27. The van der Waals surface area contributed by atoms with Gasteiger partial charge in [0.25, 0.3) is 0 Å². The van der Waals surface area contributed by atoms with Crippen LogP contribution in [0.1, 0.15) is 6.92 Å². The van der Waals surface area contributed by atoms with Crippen molar-refractivity contribution in [1.82, 2.24) is 0 Å². The Morgan fingerprint density at radius 1 is 1.00 bits per heavy atom. The van der Waals surface area contributed by atoms with Crippen molar-refractivity contribution in [3.8, 4) is 23.0 Å². The van der Waals surface area contributed by atoms with Crippen molar-refractivity contribution in [2.45, 2.75) is 6.92 Å². The SMILES string of the molecule is COc1cc2c(cc1OC)=C1C(C)=c3ccc4c(c3=C[NH+]1CC=2)OCO4. The molecule has 0 radical (unpaired) electrons. The van der Waals surface area contributed by atoms with Gasteiger partial charge in [-0.2, -0.15) is 0 Å². The number of ether oxygens (including phenoxy) is 4. The van der Waals surface area contributed by atoms with Crippen molar-refractivity contribution >= 4 is 23.5 Å². The largest absolute Gasteiger partial charge is 0.493 e. The standard InChI is InChI=1S/C21H19NO4/c1-12-14-4-5-17-21(26-11-25-17)16(14)10-22-7-6-13-8-18(23-2)19(24-3)9-15(13)20(12)22/h4-6,8-10H,7,11H2,1-3H3/p+1. The summed E-state index contributed by atoms with van der Waals surface area (Å²) in [5, 5.41) is 4.67. The summed E-state index contributed by atoms with van der Waals surface area (Å²) in [6.07, 6.45) is 4.48. The number of hydrogen-bond donors (Lipinski definition) is 1. The van der Waals surface area contributed by atoms with Crippen LogP contribution in [-0.4, -0.2) is 27.6 Å². The van der Waals surface area contributed by atoms with Gasteiger partial charge in [-0.3, -0.25) is 4.90 Å². The summed E-state index contributed by atoms with van der Waals surface area (Å²) in [7, 11) is 3.34. The number of methoxy groups -OCH3 is 2. The Morgan fingerprint density at radius 2 is 1.81 bits per heavy atom. The molecule has 0 spiro atoms. The summed E-state index contributed by atoms with van der Waals surface area (Å²) < 4.78 is 22.3. The lowest BCUT2D eigenvalue weighted by Crippen LogP contribution is -3.07. The Hall–Kier alpha value is -2.92. The van der Waals surface area contributed by atoms with E-state index in [4.69, 9.17) is 18.9 Å². The molecule has 5 heteroatoms. The molecule has 26 heavy (non-hydrogen) atoms. The van der Waals surface area contributed by atoms with Crippen LogP contribution in [-0.2, 0) is 0 Å². The fraction of sp³-hybridized carbons (Fsp3) is 0.238. The highest BCUT2D eigenvalue weighted by Crippen LogP contribution is 2.27. The van der Waals surface area contributed by atoms with Crippen molar-refractivity contribution in [2.24, 2.45) is 0 Å². The van der Waals surface area contributed by atoms with E-state index in [0.29, 0.717) is 0 Å². The van der Waals surface area contributed by atoms with Crippen LogP contribution < -0.4 is 44.7 Å². The number of quaternary nitrogens is 1. The van der Waals surface area contributed by atoms with E-state index in [2.05, 4.69) is 37.4 Å². The van der Waals surface area contributed by atoms with Gasteiger partial charge in [0.2, 0.25) is 6.79 Å². The number of benzene rings is 2. The Kier molecular flexibility index (Phi) is 3.27. The van der Waals surface area contributed by atoms with Crippen LogP contribution >= 0.6 is 0 Å². The molecule has 3 heterocycles. The zero-order valence-corrected chi connectivity index (χ0v) is 15.0. The van der Waals surface area contributed by atoms with E-state index in [1.165, 1.54) is 31.8 Å². The lowest BCUT2D eigenvalue weighted by atomic mass is 9.98. The van der Waals surface area contributed by atoms with Gasteiger partial charge in [-0.1, -0.05) is 0 Å². The van der Waals surface area contributed by atoms with Crippen molar-refractivity contribution in [3.63, 3.8) is 0 Å². The van der Waals surface area contributed by atoms with E-state index in [-0.39, 0.29) is 6.79 Å². The molecule has 1 N–H and O–H groups in total. The van der Waals surface area contributed by atoms with E-state index >= 15 is 0 Å². The molecule has 0 saturated carbocycles. The summed E-state index contributed by atoms with van der Waals surface area (Å²) in [5.74, 6) is 3.18. The highest BCUT2D eigenvalue weighted by atomic mass is 16.7. The summed E-state index contributed by atoms with van der Waals surface area (Å²) in [5.41, 5.74) is 2.52. The fourth-order valence-corrected chi connectivity index (χ4v) is 4.12. The van der Waals surface area contributed by atoms with Gasteiger partial charge in [0.05, 0.1) is 19.4 Å². The van der Waals surface area contributed by atoms with Crippen LogP contribution in [0.4, 0.5) is 0 Å². The lowest BCUT2D eigenvalue weighted by molar-refractivity contribution is -0.725. The first-order valence-corrected chi connectivity index (χ1v) is 8.65. The normalized spacial score (nSPS) is 19.0. The Labute approximate surface area is 150 Å². The minimum absolute atomic E-state index is 0.288. The molecule has 5 rings (SSSR count). The molecule has 132 valence electrons. The zero-order chi connectivity index (χ0) is 17.8. The predicted octanol–water partition coefficient (Wildman–Crippen LogP) is -1.16. The third-order valence-electron chi connectivity index (χ3n) is 5.36. The van der Waals surface area contributed by atoms with E-state index in [9.17, 15) is 0 Å². The number of hydrogen-bond acceptors (Lipinski definition) is 4. The van der Waals surface area contributed by atoms with Crippen molar-refractivity contribution in [2.75, 3.05) is 27.6 Å². The van der Waals surface area contributed by atoms with E-state index in [1.807, 2.05) is 6.07 Å². The topological polar surface area (TPSA) is 41.4 Å². The maximum Gasteiger partial charge on any atom is 0.231 e. The maximum atomic E-state index is 5.73. The van der Waals surface area contributed by atoms with Crippen molar-refractivity contribution in [3.05, 3.63) is 45.1 Å². The zero-order valence-electron chi connectivity index (χ0n) is 15.0. The minimum atomic E-state index is 0.288. The summed E-state index contributed by atoms with van der Waals surface area (Å²) >= 11 is 0. The highest BCUT2D eigenvalue weighted by molar-refractivity contribution is 5.85. The van der Waals surface area contributed by atoms with Crippen LogP contribution in [0.25, 0.3) is 23.5 Å². The molecule has 5 nitrogen and oxygen atoms in total. The Bertz CT molecular complexity index is 1180. The van der Waals surface area contributed by atoms with E-state index < -0.39 is 0 Å². The smallest absolute Gasteiger partial charge is 0.231 e. The third-order valence-corrected chi connectivity index (χ3v) is 5.36. The van der Waals surface area contributed by atoms with Gasteiger partial charge in [-0.15, -0.1) is 0 Å². The molecular weight excluding hydrogens is 330 g/mol. The Morgan fingerprint density at radius 3 is 2.62 bits per heavy atom. The molecule has 2 aromatic rings. The maximum absolute atomic E-state index is 5.73. The van der Waals surface area contributed by atoms with Crippen LogP contribution in [0.3, 0.4) is 0 Å². The summed E-state index contributed by atoms with van der Waals surface area (Å²) in [6, 6.07) is 8.25. The molecule has 0 saturated heterocycles. The van der Waals surface area contributed by atoms with Gasteiger partial charge in [-0.05, 0) is 47.7 Å². The van der Waals surface area contributed by atoms with Crippen molar-refractivity contribution < 1.29 is 23.8 Å². The molecule has 1 unspecified atom stereocenters. The number of fused-ring (bicyclic) bond motifs is 5. The quantitative estimate of drug-likeness (QED) is 0.742. The van der Waals surface area contributed by atoms with Gasteiger partial charge in [0, 0.05) is 10.8 Å². The van der Waals surface area contributed by atoms with Gasteiger partial charge < -0.3 is 18.9 Å². The second-order valence-corrected chi connectivity index (χ2v) is 6.63. The molecular formula is C21H20NO4+. The van der Waals surface area contributed by atoms with E-state index in [1.54, 1.807) is 14.2 Å². The third kappa shape index (κ3) is 2.01. The molecule has 3 aliphatic rings. The number of nitrogens with one attached hydrogen (secondary N) is 1. The van der Waals surface area contributed by atoms with Crippen LogP contribution in [0.2, 0.25) is 0 Å². The Balaban J connectivity index is 1.88. The van der Waals surface area contributed by atoms with Crippen LogP contribution in [0, 0.1) is 0 Å². The molecule has 2 aromatic carbocycles. The predicted molar refractivity (Wildman–Crippen MR) is 97.9 cm³/mol. The second kappa shape index (κ2) is 5.54. The molecule has 0 aromatic heterocycles. The minimum Gasteiger partial charge on any atom is -0.493 e. The lowest BCUT2D eigenvalue weighted by Gasteiger charge is -2.24. The first kappa shape index (κ1) is 15.3. The fourth-order valence-electron chi connectivity index (χ4n) is 4.12. The van der Waals surface area contributed by atoms with E-state index in [0.717, 1.165) is 34.8 Å². The van der Waals surface area contributed by atoms with Gasteiger partial charge >= 0.3 is 0 Å². The van der Waals surface area contributed by atoms with Gasteiger partial charge in [-0.25, -0.2) is 0 Å². The first-order chi connectivity index (χ1) is 12.7. The monoisotopic (exact) mass is 350 g/mol. The van der Waals surface area contributed by atoms with Crippen LogP contribution in [0.15, 0.2) is 24.3 Å². The summed E-state index contributed by atoms with van der Waals surface area (Å²) in [4.78, 5) is 1.29. The van der Waals surface area contributed by atoms with Crippen molar-refractivity contribution in [1.29, 1.82) is 0 Å². The first-order valence-electron chi connectivity index (χ1n) is 8.65. The molecule has 0 aliphatic carbocycles. The number of rotatable bonds is 2. The van der Waals surface area contributed by atoms with Gasteiger partial charge in [0.15, 0.2) is 23.0 Å². The molecule has 0 amide bonds. The van der Waals surface area contributed by atoms with Crippen LogP contribution in [0.5, 0.6) is 23.0 Å². The second-order valence-electron chi connectivity index (χ2n) is 6.63. The molecule has 0 bridgehead atoms. The average molecular weight is 350 g/mol. The summed E-state index contributed by atoms with van der Waals surface area (Å²) in [6.45, 7) is 3.34. The molecule has 1 atom stereocenters. The molecule has 3 aliphatic heterocycles. The average Bonchev–Trinajstić information content (AvgIpc) is 3.15. The molecule has 0 fully saturated rings.